The molecule has 1 rings (SSSR count). The molecule has 0 spiro atoms. The minimum atomic E-state index is -1.86. The number of rotatable bonds is 3. The van der Waals surface area contributed by atoms with Crippen LogP contribution in [0.3, 0.4) is 0 Å². The fourth-order valence-corrected chi connectivity index (χ4v) is 2.44. The van der Waals surface area contributed by atoms with Crippen LogP contribution in [0.5, 0.6) is 0 Å². The van der Waals surface area contributed by atoms with Gasteiger partial charge in [0.15, 0.2) is 0 Å². The topological polar surface area (TPSA) is 38.3 Å². The van der Waals surface area contributed by atoms with E-state index in [1.54, 1.807) is 0 Å². The Hall–Kier alpha value is -0.353. The number of amides is 1. The summed E-state index contributed by atoms with van der Waals surface area (Å²) in [6.07, 6.45) is 5.67. The van der Waals surface area contributed by atoms with Gasteiger partial charge in [0.25, 0.3) is 0 Å². The molecule has 0 atom stereocenters. The predicted octanol–water partition coefficient (Wildman–Crippen LogP) is 3.62. The summed E-state index contributed by atoms with van der Waals surface area (Å²) in [4.78, 5) is 12.0. The van der Waals surface area contributed by atoms with Gasteiger partial charge >= 0.3 is 0 Å². The molecule has 1 N–H and O–H groups in total. The second-order valence-corrected chi connectivity index (χ2v) is 11.4. The molecule has 100 valence electrons. The molecule has 0 heterocycles. The molecule has 0 aromatic heterocycles. The maximum Gasteiger partial charge on any atom is 0.245 e. The largest absolute Gasteiger partial charge is 0.320 e. The molecule has 0 saturated heterocycles. The molecular weight excluding hydrogens is 230 g/mol. The fourth-order valence-electron chi connectivity index (χ4n) is 1.78. The van der Waals surface area contributed by atoms with Gasteiger partial charge in [-0.25, -0.2) is 5.48 Å². The van der Waals surface area contributed by atoms with Gasteiger partial charge in [0.1, 0.15) is 0 Å². The Labute approximate surface area is 106 Å². The Morgan fingerprint density at radius 3 is 2.18 bits per heavy atom. The lowest BCUT2D eigenvalue weighted by Crippen LogP contribution is -2.47. The van der Waals surface area contributed by atoms with E-state index in [0.717, 1.165) is 12.8 Å². The first-order valence-corrected chi connectivity index (χ1v) is 9.63. The van der Waals surface area contributed by atoms with Crippen LogP contribution in [0.1, 0.15) is 52.9 Å². The van der Waals surface area contributed by atoms with E-state index in [2.05, 4.69) is 39.3 Å². The Kier molecular flexibility index (Phi) is 4.78. The first kappa shape index (κ1) is 14.7. The standard InChI is InChI=1S/C13H27NO2Si/c1-13(2,3)17(4,5)16-14-12(15)11-9-7-6-8-10-11/h11H,6-10H2,1-5H3,(H,14,15). The molecule has 17 heavy (non-hydrogen) atoms. The third-order valence-electron chi connectivity index (χ3n) is 4.19. The van der Waals surface area contributed by atoms with Crippen molar-refractivity contribution in [3.63, 3.8) is 0 Å². The number of hydroxylamine groups is 1. The normalized spacial score (nSPS) is 19.1. The van der Waals surface area contributed by atoms with Crippen molar-refractivity contribution in [2.45, 2.75) is 71.0 Å². The summed E-state index contributed by atoms with van der Waals surface area (Å²) >= 11 is 0. The maximum absolute atomic E-state index is 12.0. The molecule has 1 fully saturated rings. The average molecular weight is 257 g/mol. The van der Waals surface area contributed by atoms with E-state index < -0.39 is 8.32 Å². The van der Waals surface area contributed by atoms with Crippen LogP contribution in [-0.4, -0.2) is 14.2 Å². The van der Waals surface area contributed by atoms with Crippen molar-refractivity contribution in [1.82, 2.24) is 5.48 Å². The number of carbonyl (C=O) groups is 1. The third kappa shape index (κ3) is 4.10. The number of hydrogen-bond donors (Lipinski definition) is 1. The summed E-state index contributed by atoms with van der Waals surface area (Å²) in [5, 5.41) is 0.132. The fraction of sp³-hybridized carbons (Fsp3) is 0.923. The third-order valence-corrected chi connectivity index (χ3v) is 8.41. The lowest BCUT2D eigenvalue weighted by Gasteiger charge is -2.35. The van der Waals surface area contributed by atoms with Gasteiger partial charge in [0.05, 0.1) is 0 Å². The highest BCUT2D eigenvalue weighted by Crippen LogP contribution is 2.36. The molecule has 0 aromatic carbocycles. The second-order valence-electron chi connectivity index (χ2n) is 6.66. The van der Waals surface area contributed by atoms with Crippen LogP contribution in [0.25, 0.3) is 0 Å². The van der Waals surface area contributed by atoms with E-state index in [1.165, 1.54) is 19.3 Å². The second kappa shape index (κ2) is 5.53. The van der Waals surface area contributed by atoms with Crippen LogP contribution in [0.4, 0.5) is 0 Å². The first-order valence-electron chi connectivity index (χ1n) is 6.72. The molecule has 1 amide bonds. The van der Waals surface area contributed by atoms with Gasteiger partial charge in [-0.2, -0.15) is 0 Å². The molecule has 0 aliphatic heterocycles. The van der Waals surface area contributed by atoms with Crippen LogP contribution >= 0.6 is 0 Å². The van der Waals surface area contributed by atoms with Crippen LogP contribution in [-0.2, 0) is 9.32 Å². The van der Waals surface area contributed by atoms with Gasteiger partial charge in [-0.3, -0.25) is 4.79 Å². The van der Waals surface area contributed by atoms with E-state index in [9.17, 15) is 4.79 Å². The molecular formula is C13H27NO2Si. The predicted molar refractivity (Wildman–Crippen MR) is 73.0 cm³/mol. The molecule has 4 heteroatoms. The molecule has 0 unspecified atom stereocenters. The molecule has 1 aliphatic rings. The van der Waals surface area contributed by atoms with Gasteiger partial charge in [-0.05, 0) is 31.0 Å². The zero-order chi connectivity index (χ0) is 13.1. The summed E-state index contributed by atoms with van der Waals surface area (Å²) in [5.41, 5.74) is 2.72. The van der Waals surface area contributed by atoms with Crippen LogP contribution in [0, 0.1) is 5.92 Å². The molecule has 1 aliphatic carbocycles. The van der Waals surface area contributed by atoms with Gasteiger partial charge in [-0.15, -0.1) is 0 Å². The highest BCUT2D eigenvalue weighted by atomic mass is 28.4. The lowest BCUT2D eigenvalue weighted by molar-refractivity contribution is -0.133. The molecule has 0 radical (unpaired) electrons. The quantitative estimate of drug-likeness (QED) is 0.619. The van der Waals surface area contributed by atoms with Crippen molar-refractivity contribution >= 4 is 14.2 Å². The van der Waals surface area contributed by atoms with Crippen LogP contribution in [0.15, 0.2) is 0 Å². The van der Waals surface area contributed by atoms with Crippen molar-refractivity contribution in [1.29, 1.82) is 0 Å². The van der Waals surface area contributed by atoms with Gasteiger partial charge < -0.3 is 4.53 Å². The first-order chi connectivity index (χ1) is 7.74. The molecule has 0 bridgehead atoms. The van der Waals surface area contributed by atoms with E-state index in [-0.39, 0.29) is 16.9 Å². The van der Waals surface area contributed by atoms with E-state index in [4.69, 9.17) is 4.53 Å². The molecule has 0 aromatic rings. The summed E-state index contributed by atoms with van der Waals surface area (Å²) < 4.78 is 5.75. The summed E-state index contributed by atoms with van der Waals surface area (Å²) in [6.45, 7) is 10.8. The SMILES string of the molecule is CC(C)(C)[Si](C)(C)ONC(=O)C1CCCCC1. The van der Waals surface area contributed by atoms with Crippen molar-refractivity contribution in [3.05, 3.63) is 0 Å². The highest BCUT2D eigenvalue weighted by Gasteiger charge is 2.39. The van der Waals surface area contributed by atoms with Crippen molar-refractivity contribution in [2.75, 3.05) is 0 Å². The minimum absolute atomic E-state index is 0.0922. The maximum atomic E-state index is 12.0. The zero-order valence-corrected chi connectivity index (χ0v) is 12.9. The zero-order valence-electron chi connectivity index (χ0n) is 11.9. The Balaban J connectivity index is 2.42. The number of carbonyl (C=O) groups excluding carboxylic acids is 1. The van der Waals surface area contributed by atoms with E-state index in [0.29, 0.717) is 0 Å². The lowest BCUT2D eigenvalue weighted by atomic mass is 9.89. The van der Waals surface area contributed by atoms with Gasteiger partial charge in [0.2, 0.25) is 14.2 Å². The van der Waals surface area contributed by atoms with Gasteiger partial charge in [-0.1, -0.05) is 40.0 Å². The van der Waals surface area contributed by atoms with Crippen molar-refractivity contribution in [3.8, 4) is 0 Å². The van der Waals surface area contributed by atoms with E-state index in [1.807, 2.05) is 0 Å². The smallest absolute Gasteiger partial charge is 0.245 e. The minimum Gasteiger partial charge on any atom is -0.320 e. The number of nitrogens with one attached hydrogen (secondary N) is 1. The monoisotopic (exact) mass is 257 g/mol. The van der Waals surface area contributed by atoms with Gasteiger partial charge in [0, 0.05) is 5.92 Å². The van der Waals surface area contributed by atoms with Crippen molar-refractivity contribution in [2.24, 2.45) is 5.92 Å². The average Bonchev–Trinajstić information content (AvgIpc) is 2.25. The Morgan fingerprint density at radius 2 is 1.71 bits per heavy atom. The summed E-state index contributed by atoms with van der Waals surface area (Å²) in [7, 11) is -1.86. The number of hydrogen-bond acceptors (Lipinski definition) is 2. The van der Waals surface area contributed by atoms with Crippen molar-refractivity contribution < 1.29 is 9.32 Å². The molecule has 1 saturated carbocycles. The Bertz CT molecular complexity index is 265. The summed E-state index contributed by atoms with van der Waals surface area (Å²) in [5.74, 6) is 0.267. The van der Waals surface area contributed by atoms with Crippen LogP contribution in [0.2, 0.25) is 18.1 Å². The van der Waals surface area contributed by atoms with Crippen LogP contribution < -0.4 is 5.48 Å². The molecule has 3 nitrogen and oxygen atoms in total. The van der Waals surface area contributed by atoms with E-state index >= 15 is 0 Å². The highest BCUT2D eigenvalue weighted by molar-refractivity contribution is 6.74. The summed E-state index contributed by atoms with van der Waals surface area (Å²) in [6, 6.07) is 0. The Morgan fingerprint density at radius 1 is 1.18 bits per heavy atom.